The topological polar surface area (TPSA) is 36.9 Å². The fraction of sp³-hybridized carbons (Fsp3) is 0.0833. The van der Waals surface area contributed by atoms with Crippen molar-refractivity contribution in [3.05, 3.63) is 47.7 Å². The number of rotatable bonds is 1. The van der Waals surface area contributed by atoms with Crippen molar-refractivity contribution in [2.75, 3.05) is 0 Å². The maximum atomic E-state index is 12.8. The molecule has 1 heterocycles. The van der Waals surface area contributed by atoms with E-state index in [1.807, 2.05) is 0 Å². The average Bonchev–Trinajstić information content (AvgIpc) is 2.80. The summed E-state index contributed by atoms with van der Waals surface area (Å²) in [6.07, 6.45) is -3.22. The lowest BCUT2D eigenvalue weighted by molar-refractivity contribution is -0.137. The molecular weight excluding hydrogens is 231 g/mol. The van der Waals surface area contributed by atoms with Crippen LogP contribution in [0.15, 0.2) is 41.0 Å². The molecule has 0 spiro atoms. The van der Waals surface area contributed by atoms with Gasteiger partial charge in [-0.15, -0.1) is 0 Å². The maximum Gasteiger partial charge on any atom is 0.417 e. The van der Waals surface area contributed by atoms with Crippen LogP contribution in [0.25, 0.3) is 11.3 Å². The van der Waals surface area contributed by atoms with E-state index >= 15 is 0 Å². The third kappa shape index (κ3) is 2.16. The summed E-state index contributed by atoms with van der Waals surface area (Å²) in [7, 11) is 0. The number of hydrogen-bond acceptors (Lipinski definition) is 2. The van der Waals surface area contributed by atoms with E-state index in [-0.39, 0.29) is 16.9 Å². The van der Waals surface area contributed by atoms with Crippen LogP contribution >= 0.6 is 0 Å². The van der Waals surface area contributed by atoms with Crippen LogP contribution in [0.3, 0.4) is 0 Å². The first-order valence-corrected chi connectivity index (χ1v) is 4.67. The summed E-state index contributed by atoms with van der Waals surface area (Å²) >= 11 is 0. The van der Waals surface area contributed by atoms with Gasteiger partial charge in [-0.25, -0.2) is 0 Å². The number of halogens is 3. The van der Waals surface area contributed by atoms with E-state index in [2.05, 4.69) is 0 Å². The summed E-state index contributed by atoms with van der Waals surface area (Å²) in [4.78, 5) is 0. The Balaban J connectivity index is 2.65. The quantitative estimate of drug-likeness (QED) is 0.755. The van der Waals surface area contributed by atoms with Gasteiger partial charge in [-0.2, -0.15) is 18.4 Å². The van der Waals surface area contributed by atoms with Crippen LogP contribution in [-0.4, -0.2) is 0 Å². The Hall–Kier alpha value is -2.22. The monoisotopic (exact) mass is 237 g/mol. The Bertz CT molecular complexity index is 564. The molecule has 2 aromatic rings. The number of benzene rings is 1. The highest BCUT2D eigenvalue weighted by Gasteiger charge is 2.34. The molecule has 2 nitrogen and oxygen atoms in total. The molecule has 0 saturated carbocycles. The van der Waals surface area contributed by atoms with Gasteiger partial charge in [-0.3, -0.25) is 0 Å². The molecule has 0 bridgehead atoms. The molecule has 1 aromatic carbocycles. The first-order chi connectivity index (χ1) is 8.02. The Morgan fingerprint density at radius 3 is 2.47 bits per heavy atom. The van der Waals surface area contributed by atoms with Gasteiger partial charge in [0, 0.05) is 5.56 Å². The van der Waals surface area contributed by atoms with Crippen molar-refractivity contribution in [3.8, 4) is 17.4 Å². The SMILES string of the molecule is N#Cc1ccc(-c2ccco2)c(C(F)(F)F)c1. The number of furan rings is 1. The van der Waals surface area contributed by atoms with Gasteiger partial charge in [-0.1, -0.05) is 0 Å². The molecule has 0 fully saturated rings. The van der Waals surface area contributed by atoms with Gasteiger partial charge >= 0.3 is 6.18 Å². The first kappa shape index (κ1) is 11.3. The molecule has 86 valence electrons. The Morgan fingerprint density at radius 1 is 1.18 bits per heavy atom. The van der Waals surface area contributed by atoms with E-state index in [0.29, 0.717) is 0 Å². The van der Waals surface area contributed by atoms with E-state index in [1.165, 1.54) is 30.5 Å². The van der Waals surface area contributed by atoms with Gasteiger partial charge in [0.15, 0.2) is 0 Å². The second kappa shape index (κ2) is 3.98. The van der Waals surface area contributed by atoms with E-state index in [9.17, 15) is 13.2 Å². The summed E-state index contributed by atoms with van der Waals surface area (Å²) in [6.45, 7) is 0. The van der Waals surface area contributed by atoms with Gasteiger partial charge in [0.05, 0.1) is 23.5 Å². The molecule has 17 heavy (non-hydrogen) atoms. The van der Waals surface area contributed by atoms with E-state index in [4.69, 9.17) is 9.68 Å². The lowest BCUT2D eigenvalue weighted by Crippen LogP contribution is -2.07. The third-order valence-electron chi connectivity index (χ3n) is 2.24. The molecular formula is C12H6F3NO. The van der Waals surface area contributed by atoms with Gasteiger partial charge in [0.25, 0.3) is 0 Å². The van der Waals surface area contributed by atoms with Crippen molar-refractivity contribution in [2.24, 2.45) is 0 Å². The van der Waals surface area contributed by atoms with Crippen LogP contribution in [0, 0.1) is 11.3 Å². The molecule has 0 aliphatic rings. The lowest BCUT2D eigenvalue weighted by atomic mass is 10.0. The van der Waals surface area contributed by atoms with Crippen molar-refractivity contribution in [1.29, 1.82) is 5.26 Å². The molecule has 1 aromatic heterocycles. The summed E-state index contributed by atoms with van der Waals surface area (Å²) < 4.78 is 43.4. The maximum absolute atomic E-state index is 12.8. The zero-order chi connectivity index (χ0) is 12.5. The lowest BCUT2D eigenvalue weighted by Gasteiger charge is -2.11. The molecule has 0 saturated heterocycles. The van der Waals surface area contributed by atoms with Gasteiger partial charge in [-0.05, 0) is 30.3 Å². The minimum atomic E-state index is -4.52. The summed E-state index contributed by atoms with van der Waals surface area (Å²) in [5.74, 6) is 0.127. The summed E-state index contributed by atoms with van der Waals surface area (Å²) in [6, 6.07) is 8.01. The van der Waals surface area contributed by atoms with E-state index in [0.717, 1.165) is 6.07 Å². The molecule has 0 N–H and O–H groups in total. The zero-order valence-electron chi connectivity index (χ0n) is 8.45. The molecule has 5 heteroatoms. The second-order valence-corrected chi connectivity index (χ2v) is 3.35. The number of nitriles is 1. The molecule has 0 atom stereocenters. The highest BCUT2D eigenvalue weighted by Crippen LogP contribution is 2.37. The molecule has 0 aliphatic carbocycles. The van der Waals surface area contributed by atoms with Gasteiger partial charge in [0.1, 0.15) is 5.76 Å². The van der Waals surface area contributed by atoms with Crippen LogP contribution in [-0.2, 0) is 6.18 Å². The minimum absolute atomic E-state index is 0.0346. The van der Waals surface area contributed by atoms with Crippen molar-refractivity contribution in [2.45, 2.75) is 6.18 Å². The van der Waals surface area contributed by atoms with Crippen molar-refractivity contribution in [3.63, 3.8) is 0 Å². The third-order valence-corrected chi connectivity index (χ3v) is 2.24. The molecule has 0 aliphatic heterocycles. The highest BCUT2D eigenvalue weighted by atomic mass is 19.4. The standard InChI is InChI=1S/C12H6F3NO/c13-12(14,15)10-6-8(7-16)3-4-9(10)11-2-1-5-17-11/h1-6H. The van der Waals surface area contributed by atoms with Crippen molar-refractivity contribution < 1.29 is 17.6 Å². The largest absolute Gasteiger partial charge is 0.464 e. The van der Waals surface area contributed by atoms with Crippen LogP contribution in [0.1, 0.15) is 11.1 Å². The Labute approximate surface area is 94.9 Å². The normalized spacial score (nSPS) is 11.2. The predicted molar refractivity (Wildman–Crippen MR) is 53.9 cm³/mol. The van der Waals surface area contributed by atoms with Crippen molar-refractivity contribution in [1.82, 2.24) is 0 Å². The highest BCUT2D eigenvalue weighted by molar-refractivity contribution is 5.64. The fourth-order valence-corrected chi connectivity index (χ4v) is 1.50. The number of nitrogens with zero attached hydrogens (tertiary/aromatic N) is 1. The zero-order valence-corrected chi connectivity index (χ0v) is 8.45. The molecule has 0 radical (unpaired) electrons. The second-order valence-electron chi connectivity index (χ2n) is 3.35. The predicted octanol–water partition coefficient (Wildman–Crippen LogP) is 3.84. The van der Waals surface area contributed by atoms with E-state index < -0.39 is 11.7 Å². The smallest absolute Gasteiger partial charge is 0.417 e. The van der Waals surface area contributed by atoms with Gasteiger partial charge in [0.2, 0.25) is 0 Å². The number of hydrogen-bond donors (Lipinski definition) is 0. The minimum Gasteiger partial charge on any atom is -0.464 e. The van der Waals surface area contributed by atoms with Crippen LogP contribution in [0.4, 0.5) is 13.2 Å². The van der Waals surface area contributed by atoms with Gasteiger partial charge < -0.3 is 4.42 Å². The molecule has 0 amide bonds. The molecule has 0 unspecified atom stereocenters. The van der Waals surface area contributed by atoms with Crippen LogP contribution in [0.5, 0.6) is 0 Å². The fourth-order valence-electron chi connectivity index (χ4n) is 1.50. The Morgan fingerprint density at radius 2 is 1.94 bits per heavy atom. The summed E-state index contributed by atoms with van der Waals surface area (Å²) in [5, 5.41) is 8.61. The number of alkyl halides is 3. The van der Waals surface area contributed by atoms with Crippen LogP contribution in [0.2, 0.25) is 0 Å². The van der Waals surface area contributed by atoms with Crippen molar-refractivity contribution >= 4 is 0 Å². The average molecular weight is 237 g/mol. The van der Waals surface area contributed by atoms with E-state index in [1.54, 1.807) is 6.07 Å². The summed E-state index contributed by atoms with van der Waals surface area (Å²) in [5.41, 5.74) is -0.972. The molecule has 2 rings (SSSR count). The van der Waals surface area contributed by atoms with Crippen LogP contribution < -0.4 is 0 Å². The first-order valence-electron chi connectivity index (χ1n) is 4.67. The Kier molecular flexibility index (Phi) is 2.64.